The average Bonchev–Trinajstić information content (AvgIpc) is 3.02. The van der Waals surface area contributed by atoms with Gasteiger partial charge in [0.15, 0.2) is 0 Å². The fraction of sp³-hybridized carbons (Fsp3) is 0.250. The van der Waals surface area contributed by atoms with Gasteiger partial charge in [-0.15, -0.1) is 34.3 Å². The van der Waals surface area contributed by atoms with Crippen molar-refractivity contribution in [1.82, 2.24) is 0 Å². The molecule has 0 amide bonds. The molecule has 21 heavy (non-hydrogen) atoms. The molecule has 0 saturated heterocycles. The summed E-state index contributed by atoms with van der Waals surface area (Å²) in [4.78, 5) is 1.16. The smallest absolute Gasteiger partial charge is 0.127 e. The Morgan fingerprint density at radius 3 is 2.67 bits per heavy atom. The SMILES string of the molecule is COc1c(C)cc(Br)c(C)c1C(Cl)c1cc2sccc2s1. The number of aryl methyl sites for hydroxylation is 1. The normalized spacial score (nSPS) is 12.8. The summed E-state index contributed by atoms with van der Waals surface area (Å²) < 4.78 is 9.27. The maximum absolute atomic E-state index is 6.81. The molecule has 1 atom stereocenters. The van der Waals surface area contributed by atoms with Crippen molar-refractivity contribution in [2.45, 2.75) is 19.2 Å². The lowest BCUT2D eigenvalue weighted by Gasteiger charge is -2.19. The molecule has 110 valence electrons. The van der Waals surface area contributed by atoms with Crippen LogP contribution in [0.4, 0.5) is 0 Å². The first kappa shape index (κ1) is 15.3. The Morgan fingerprint density at radius 2 is 2.00 bits per heavy atom. The molecule has 0 aliphatic rings. The van der Waals surface area contributed by atoms with E-state index in [1.54, 1.807) is 29.8 Å². The van der Waals surface area contributed by atoms with Gasteiger partial charge in [-0.1, -0.05) is 15.9 Å². The van der Waals surface area contributed by atoms with Gasteiger partial charge < -0.3 is 4.74 Å². The van der Waals surface area contributed by atoms with Crippen LogP contribution < -0.4 is 4.74 Å². The molecule has 1 unspecified atom stereocenters. The molecule has 2 aromatic heterocycles. The summed E-state index contributed by atoms with van der Waals surface area (Å²) in [5.41, 5.74) is 3.28. The Hall–Kier alpha value is -0.550. The lowest BCUT2D eigenvalue weighted by molar-refractivity contribution is 0.406. The second-order valence-electron chi connectivity index (χ2n) is 4.91. The first-order valence-corrected chi connectivity index (χ1v) is 9.40. The summed E-state index contributed by atoms with van der Waals surface area (Å²) in [5, 5.41) is 1.92. The predicted molar refractivity (Wildman–Crippen MR) is 97.6 cm³/mol. The van der Waals surface area contributed by atoms with Crippen molar-refractivity contribution >= 4 is 59.6 Å². The van der Waals surface area contributed by atoms with Crippen LogP contribution in [0.3, 0.4) is 0 Å². The Morgan fingerprint density at radius 1 is 1.24 bits per heavy atom. The van der Waals surface area contributed by atoms with Crippen molar-refractivity contribution < 1.29 is 4.74 Å². The molecule has 0 aliphatic heterocycles. The number of ether oxygens (including phenoxy) is 1. The van der Waals surface area contributed by atoms with Gasteiger partial charge in [0, 0.05) is 24.3 Å². The molecule has 0 fully saturated rings. The number of rotatable bonds is 3. The molecule has 1 nitrogen and oxygen atoms in total. The lowest BCUT2D eigenvalue weighted by atomic mass is 10.00. The second-order valence-corrected chi connectivity index (χ2v) is 8.26. The monoisotopic (exact) mass is 400 g/mol. The zero-order valence-electron chi connectivity index (χ0n) is 11.9. The molecule has 3 rings (SSSR count). The van der Waals surface area contributed by atoms with Crippen LogP contribution in [0.5, 0.6) is 5.75 Å². The van der Waals surface area contributed by atoms with Crippen LogP contribution in [0.15, 0.2) is 28.1 Å². The van der Waals surface area contributed by atoms with Gasteiger partial charge in [-0.05, 0) is 48.6 Å². The van der Waals surface area contributed by atoms with Gasteiger partial charge in [0.25, 0.3) is 0 Å². The molecule has 2 heterocycles. The van der Waals surface area contributed by atoms with Crippen LogP contribution in [-0.4, -0.2) is 7.11 Å². The number of alkyl halides is 1. The molecule has 0 aliphatic carbocycles. The van der Waals surface area contributed by atoms with Gasteiger partial charge >= 0.3 is 0 Å². The van der Waals surface area contributed by atoms with E-state index in [0.29, 0.717) is 0 Å². The van der Waals surface area contributed by atoms with Gasteiger partial charge in [-0.25, -0.2) is 0 Å². The third-order valence-corrected chi connectivity index (χ3v) is 7.14. The third-order valence-electron chi connectivity index (χ3n) is 3.57. The number of hydrogen-bond donors (Lipinski definition) is 0. The van der Waals surface area contributed by atoms with Crippen LogP contribution in [0.25, 0.3) is 9.40 Å². The maximum Gasteiger partial charge on any atom is 0.127 e. The van der Waals surface area contributed by atoms with E-state index in [1.807, 2.05) is 6.92 Å². The van der Waals surface area contributed by atoms with Gasteiger partial charge in [-0.3, -0.25) is 0 Å². The summed E-state index contributed by atoms with van der Waals surface area (Å²) in [7, 11) is 1.70. The number of halogens is 2. The third kappa shape index (κ3) is 2.63. The molecule has 1 aromatic carbocycles. The van der Waals surface area contributed by atoms with Crippen LogP contribution in [0.1, 0.15) is 26.9 Å². The molecule has 0 saturated carbocycles. The van der Waals surface area contributed by atoms with E-state index in [-0.39, 0.29) is 5.38 Å². The Balaban J connectivity index is 2.16. The van der Waals surface area contributed by atoms with E-state index >= 15 is 0 Å². The van der Waals surface area contributed by atoms with Crippen LogP contribution in [0, 0.1) is 13.8 Å². The van der Waals surface area contributed by atoms with Crippen molar-refractivity contribution in [2.24, 2.45) is 0 Å². The highest BCUT2D eigenvalue weighted by Gasteiger charge is 2.23. The van der Waals surface area contributed by atoms with Gasteiger partial charge in [0.05, 0.1) is 12.5 Å². The minimum absolute atomic E-state index is 0.194. The topological polar surface area (TPSA) is 9.23 Å². The number of benzene rings is 1. The summed E-state index contributed by atoms with van der Waals surface area (Å²) in [5.74, 6) is 0.882. The van der Waals surface area contributed by atoms with Crippen molar-refractivity contribution in [1.29, 1.82) is 0 Å². The first-order chi connectivity index (χ1) is 10.0. The number of hydrogen-bond acceptors (Lipinski definition) is 3. The largest absolute Gasteiger partial charge is 0.496 e. The number of fused-ring (bicyclic) bond motifs is 1. The summed E-state index contributed by atoms with van der Waals surface area (Å²) in [6, 6.07) is 6.42. The van der Waals surface area contributed by atoms with E-state index in [0.717, 1.165) is 31.8 Å². The average molecular weight is 402 g/mol. The Kier molecular flexibility index (Phi) is 4.33. The van der Waals surface area contributed by atoms with Crippen LogP contribution in [0.2, 0.25) is 0 Å². The maximum atomic E-state index is 6.81. The van der Waals surface area contributed by atoms with E-state index in [9.17, 15) is 0 Å². The minimum Gasteiger partial charge on any atom is -0.496 e. The molecule has 0 bridgehead atoms. The molecular formula is C16H14BrClOS2. The number of thiophene rings is 2. The zero-order valence-corrected chi connectivity index (χ0v) is 15.8. The minimum atomic E-state index is -0.194. The van der Waals surface area contributed by atoms with Crippen molar-refractivity contribution in [3.8, 4) is 5.75 Å². The second kappa shape index (κ2) is 5.92. The van der Waals surface area contributed by atoms with Crippen LogP contribution in [-0.2, 0) is 0 Å². The van der Waals surface area contributed by atoms with Crippen LogP contribution >= 0.6 is 50.2 Å². The highest BCUT2D eigenvalue weighted by Crippen LogP contribution is 2.45. The predicted octanol–water partition coefficient (Wildman–Crippen LogP) is 6.68. The van der Waals surface area contributed by atoms with E-state index in [4.69, 9.17) is 16.3 Å². The standard InChI is InChI=1S/C16H14BrClOS2/c1-8-6-10(17)9(2)14(16(8)19-3)15(18)13-7-12-11(21-13)4-5-20-12/h4-7,15H,1-3H3. The van der Waals surface area contributed by atoms with Gasteiger partial charge in [0.1, 0.15) is 5.75 Å². The fourth-order valence-electron chi connectivity index (χ4n) is 2.50. The summed E-state index contributed by atoms with van der Waals surface area (Å²) >= 11 is 13.9. The van der Waals surface area contributed by atoms with E-state index < -0.39 is 0 Å². The lowest BCUT2D eigenvalue weighted by Crippen LogP contribution is -2.02. The number of methoxy groups -OCH3 is 1. The molecule has 0 N–H and O–H groups in total. The van der Waals surface area contributed by atoms with Gasteiger partial charge in [-0.2, -0.15) is 0 Å². The first-order valence-electron chi connectivity index (χ1n) is 6.47. The quantitative estimate of drug-likeness (QED) is 0.445. The molecule has 3 aromatic rings. The highest BCUT2D eigenvalue weighted by molar-refractivity contribution is 9.10. The van der Waals surface area contributed by atoms with E-state index in [2.05, 4.69) is 46.4 Å². The molecule has 5 heteroatoms. The zero-order chi connectivity index (χ0) is 15.1. The highest BCUT2D eigenvalue weighted by atomic mass is 79.9. The van der Waals surface area contributed by atoms with Crippen molar-refractivity contribution in [3.05, 3.63) is 49.6 Å². The fourth-order valence-corrected chi connectivity index (χ4v) is 5.63. The Labute approximate surface area is 145 Å². The Bertz CT molecular complexity index is 778. The van der Waals surface area contributed by atoms with Crippen molar-refractivity contribution in [3.63, 3.8) is 0 Å². The summed E-state index contributed by atoms with van der Waals surface area (Å²) in [6.07, 6.45) is 0. The summed E-state index contributed by atoms with van der Waals surface area (Å²) in [6.45, 7) is 4.12. The molecular weight excluding hydrogens is 388 g/mol. The van der Waals surface area contributed by atoms with Gasteiger partial charge in [0.2, 0.25) is 0 Å². The van der Waals surface area contributed by atoms with E-state index in [1.165, 1.54) is 9.40 Å². The van der Waals surface area contributed by atoms with Crippen molar-refractivity contribution in [2.75, 3.05) is 7.11 Å². The molecule has 0 spiro atoms. The molecule has 0 radical (unpaired) electrons.